The topological polar surface area (TPSA) is 33.1 Å². The highest BCUT2D eigenvalue weighted by Crippen LogP contribution is 2.20. The Morgan fingerprint density at radius 2 is 2.06 bits per heavy atom. The quantitative estimate of drug-likeness (QED) is 0.810. The van der Waals surface area contributed by atoms with E-state index in [1.165, 1.54) is 12.0 Å². The lowest BCUT2D eigenvalue weighted by molar-refractivity contribution is 0.303. The predicted molar refractivity (Wildman–Crippen MR) is 77.9 cm³/mol. The van der Waals surface area contributed by atoms with Crippen molar-refractivity contribution in [2.24, 2.45) is 13.0 Å². The van der Waals surface area contributed by atoms with E-state index in [2.05, 4.69) is 50.1 Å². The summed E-state index contributed by atoms with van der Waals surface area (Å²) in [5.74, 6) is 1.92. The number of hydrogen-bond acceptors (Lipinski definition) is 3. The maximum absolute atomic E-state index is 4.51. The van der Waals surface area contributed by atoms with E-state index in [0.29, 0.717) is 0 Å². The summed E-state index contributed by atoms with van der Waals surface area (Å²) in [6.07, 6.45) is 1.24. The van der Waals surface area contributed by atoms with E-state index in [0.717, 1.165) is 37.1 Å². The second-order valence-electron chi connectivity index (χ2n) is 5.49. The summed E-state index contributed by atoms with van der Waals surface area (Å²) in [4.78, 5) is 2.38. The van der Waals surface area contributed by atoms with Crippen molar-refractivity contribution in [2.45, 2.75) is 40.7 Å². The molecule has 4 nitrogen and oxygen atoms in total. The van der Waals surface area contributed by atoms with Gasteiger partial charge in [-0.3, -0.25) is 4.68 Å². The SMILES string of the molecule is CCNc1c(CN(C)CCC(C)C)c(C)nn1C. The molecule has 0 aliphatic carbocycles. The monoisotopic (exact) mass is 252 g/mol. The zero-order chi connectivity index (χ0) is 13.7. The van der Waals surface area contributed by atoms with E-state index in [1.54, 1.807) is 0 Å². The smallest absolute Gasteiger partial charge is 0.128 e. The lowest BCUT2D eigenvalue weighted by Gasteiger charge is -2.18. The van der Waals surface area contributed by atoms with Gasteiger partial charge in [-0.2, -0.15) is 5.10 Å². The van der Waals surface area contributed by atoms with Crippen LogP contribution in [-0.4, -0.2) is 34.8 Å². The number of rotatable bonds is 7. The van der Waals surface area contributed by atoms with Gasteiger partial charge in [-0.15, -0.1) is 0 Å². The van der Waals surface area contributed by atoms with E-state index in [1.807, 2.05) is 11.7 Å². The van der Waals surface area contributed by atoms with E-state index in [9.17, 15) is 0 Å². The van der Waals surface area contributed by atoms with E-state index < -0.39 is 0 Å². The third-order valence-corrected chi connectivity index (χ3v) is 3.21. The van der Waals surface area contributed by atoms with Crippen LogP contribution in [-0.2, 0) is 13.6 Å². The van der Waals surface area contributed by atoms with Crippen molar-refractivity contribution in [1.82, 2.24) is 14.7 Å². The van der Waals surface area contributed by atoms with E-state index in [4.69, 9.17) is 0 Å². The summed E-state index contributed by atoms with van der Waals surface area (Å²) in [5.41, 5.74) is 2.45. The first kappa shape index (κ1) is 15.0. The standard InChI is InChI=1S/C14H28N4/c1-7-15-14-13(12(4)16-18(14)6)10-17(5)9-8-11(2)3/h11,15H,7-10H2,1-6H3. The Morgan fingerprint density at radius 1 is 1.39 bits per heavy atom. The van der Waals surface area contributed by atoms with Crippen molar-refractivity contribution in [3.63, 3.8) is 0 Å². The fraction of sp³-hybridized carbons (Fsp3) is 0.786. The average Bonchev–Trinajstić information content (AvgIpc) is 2.54. The minimum absolute atomic E-state index is 0.760. The average molecular weight is 252 g/mol. The molecular weight excluding hydrogens is 224 g/mol. The highest BCUT2D eigenvalue weighted by Gasteiger charge is 2.14. The molecule has 0 amide bonds. The molecule has 1 heterocycles. The van der Waals surface area contributed by atoms with Gasteiger partial charge in [-0.05, 0) is 39.8 Å². The third-order valence-electron chi connectivity index (χ3n) is 3.21. The largest absolute Gasteiger partial charge is 0.370 e. The van der Waals surface area contributed by atoms with Gasteiger partial charge in [0.2, 0.25) is 0 Å². The minimum Gasteiger partial charge on any atom is -0.370 e. The molecule has 0 aliphatic heterocycles. The maximum Gasteiger partial charge on any atom is 0.128 e. The second kappa shape index (κ2) is 6.78. The summed E-state index contributed by atoms with van der Waals surface area (Å²) in [6.45, 7) is 11.8. The van der Waals surface area contributed by atoms with Gasteiger partial charge in [0.05, 0.1) is 5.69 Å². The Kier molecular flexibility index (Phi) is 5.66. The van der Waals surface area contributed by atoms with Gasteiger partial charge in [-0.25, -0.2) is 0 Å². The molecule has 0 unspecified atom stereocenters. The Hall–Kier alpha value is -1.03. The fourth-order valence-corrected chi connectivity index (χ4v) is 2.11. The molecule has 1 aromatic heterocycles. The lowest BCUT2D eigenvalue weighted by atomic mass is 10.1. The molecule has 1 N–H and O–H groups in total. The first-order valence-electron chi connectivity index (χ1n) is 6.90. The van der Waals surface area contributed by atoms with Gasteiger partial charge in [-0.1, -0.05) is 13.8 Å². The lowest BCUT2D eigenvalue weighted by Crippen LogP contribution is -2.21. The molecule has 0 spiro atoms. The fourth-order valence-electron chi connectivity index (χ4n) is 2.11. The predicted octanol–water partition coefficient (Wildman–Crippen LogP) is 2.64. The highest BCUT2D eigenvalue weighted by atomic mass is 15.3. The van der Waals surface area contributed by atoms with Crippen molar-refractivity contribution >= 4 is 5.82 Å². The number of anilines is 1. The molecule has 4 heteroatoms. The molecular formula is C14H28N4. The van der Waals surface area contributed by atoms with Crippen molar-refractivity contribution < 1.29 is 0 Å². The number of aromatic nitrogens is 2. The van der Waals surface area contributed by atoms with Crippen LogP contribution in [0.4, 0.5) is 5.82 Å². The van der Waals surface area contributed by atoms with Crippen molar-refractivity contribution in [3.8, 4) is 0 Å². The van der Waals surface area contributed by atoms with Crippen molar-refractivity contribution in [2.75, 3.05) is 25.5 Å². The van der Waals surface area contributed by atoms with Crippen LogP contribution in [0.25, 0.3) is 0 Å². The first-order chi connectivity index (χ1) is 8.45. The molecule has 104 valence electrons. The molecule has 0 fully saturated rings. The Morgan fingerprint density at radius 3 is 2.61 bits per heavy atom. The number of aryl methyl sites for hydroxylation is 2. The van der Waals surface area contributed by atoms with Crippen LogP contribution in [0, 0.1) is 12.8 Å². The van der Waals surface area contributed by atoms with Crippen LogP contribution in [0.5, 0.6) is 0 Å². The van der Waals surface area contributed by atoms with Crippen LogP contribution < -0.4 is 5.32 Å². The third kappa shape index (κ3) is 4.02. The zero-order valence-electron chi connectivity index (χ0n) is 12.7. The molecule has 1 rings (SSSR count). The Labute approximate surface area is 111 Å². The number of hydrogen-bond donors (Lipinski definition) is 1. The van der Waals surface area contributed by atoms with Gasteiger partial charge < -0.3 is 10.2 Å². The van der Waals surface area contributed by atoms with Gasteiger partial charge >= 0.3 is 0 Å². The zero-order valence-corrected chi connectivity index (χ0v) is 12.7. The van der Waals surface area contributed by atoms with E-state index >= 15 is 0 Å². The summed E-state index contributed by atoms with van der Waals surface area (Å²) >= 11 is 0. The molecule has 0 aliphatic rings. The van der Waals surface area contributed by atoms with Gasteiger partial charge in [0, 0.05) is 25.7 Å². The normalized spacial score (nSPS) is 11.6. The Balaban J connectivity index is 2.70. The summed E-state index contributed by atoms with van der Waals surface area (Å²) in [6, 6.07) is 0. The minimum atomic E-state index is 0.760. The molecule has 1 aromatic rings. The molecule has 0 bridgehead atoms. The number of nitrogens with one attached hydrogen (secondary N) is 1. The van der Waals surface area contributed by atoms with Gasteiger partial charge in [0.25, 0.3) is 0 Å². The van der Waals surface area contributed by atoms with Crippen LogP contribution in [0.3, 0.4) is 0 Å². The highest BCUT2D eigenvalue weighted by molar-refractivity contribution is 5.47. The molecule has 18 heavy (non-hydrogen) atoms. The summed E-state index contributed by atoms with van der Waals surface area (Å²) in [7, 11) is 4.19. The van der Waals surface area contributed by atoms with Crippen LogP contribution in [0.15, 0.2) is 0 Å². The van der Waals surface area contributed by atoms with Gasteiger partial charge in [0.15, 0.2) is 0 Å². The van der Waals surface area contributed by atoms with Gasteiger partial charge in [0.1, 0.15) is 5.82 Å². The summed E-state index contributed by atoms with van der Waals surface area (Å²) < 4.78 is 1.95. The van der Waals surface area contributed by atoms with E-state index in [-0.39, 0.29) is 0 Å². The molecule has 0 aromatic carbocycles. The first-order valence-corrected chi connectivity index (χ1v) is 6.90. The molecule has 0 saturated heterocycles. The summed E-state index contributed by atoms with van der Waals surface area (Å²) in [5, 5.41) is 7.91. The molecule has 0 radical (unpaired) electrons. The van der Waals surface area contributed by atoms with Crippen molar-refractivity contribution in [1.29, 1.82) is 0 Å². The molecule has 0 saturated carbocycles. The molecule has 0 atom stereocenters. The Bertz CT molecular complexity index is 368. The maximum atomic E-state index is 4.51. The number of nitrogens with zero attached hydrogens (tertiary/aromatic N) is 3. The van der Waals surface area contributed by atoms with Crippen LogP contribution >= 0.6 is 0 Å². The second-order valence-corrected chi connectivity index (χ2v) is 5.49. The van der Waals surface area contributed by atoms with Crippen LogP contribution in [0.1, 0.15) is 38.4 Å². The van der Waals surface area contributed by atoms with Crippen LogP contribution in [0.2, 0.25) is 0 Å². The van der Waals surface area contributed by atoms with Crippen molar-refractivity contribution in [3.05, 3.63) is 11.3 Å².